The maximum atomic E-state index is 12.1. The minimum atomic E-state index is -0.581. The van der Waals surface area contributed by atoms with Crippen molar-refractivity contribution in [1.82, 2.24) is 0 Å². The molecule has 0 spiro atoms. The van der Waals surface area contributed by atoms with E-state index in [9.17, 15) is 14.9 Å². The largest absolute Gasteiger partial charge is 0.324 e. The van der Waals surface area contributed by atoms with E-state index in [0.717, 1.165) is 22.1 Å². The summed E-state index contributed by atoms with van der Waals surface area (Å²) in [5, 5.41) is 22.4. The molecule has 24 heavy (non-hydrogen) atoms. The molecule has 6 nitrogen and oxygen atoms in total. The van der Waals surface area contributed by atoms with E-state index >= 15 is 0 Å². The highest BCUT2D eigenvalue weighted by atomic mass is 32.2. The fourth-order valence-corrected chi connectivity index (χ4v) is 2.95. The molecule has 0 bridgehead atoms. The number of nitriles is 1. The number of nitrogens with one attached hydrogen (secondary N) is 1. The van der Waals surface area contributed by atoms with Crippen LogP contribution in [0.15, 0.2) is 41.3 Å². The number of anilines is 1. The molecule has 0 aliphatic carbocycles. The topological polar surface area (TPSA) is 96.0 Å². The molecule has 0 aliphatic heterocycles. The van der Waals surface area contributed by atoms with Gasteiger partial charge in [-0.25, -0.2) is 0 Å². The first-order valence-corrected chi connectivity index (χ1v) is 8.07. The molecule has 0 saturated heterocycles. The Hall–Kier alpha value is -2.85. The summed E-state index contributed by atoms with van der Waals surface area (Å²) in [5.41, 5.74) is 2.41. The van der Waals surface area contributed by atoms with Crippen LogP contribution in [0.3, 0.4) is 0 Å². The number of rotatable bonds is 5. The highest BCUT2D eigenvalue weighted by Crippen LogP contribution is 2.25. The smallest absolute Gasteiger partial charge is 0.270 e. The number of hydrogen-bond acceptors (Lipinski definition) is 5. The minimum absolute atomic E-state index is 0.0640. The molecule has 0 fully saturated rings. The number of benzene rings is 2. The van der Waals surface area contributed by atoms with Crippen molar-refractivity contribution >= 4 is 29.0 Å². The Labute approximate surface area is 143 Å². The average Bonchev–Trinajstić information content (AvgIpc) is 2.54. The Kier molecular flexibility index (Phi) is 5.55. The van der Waals surface area contributed by atoms with E-state index < -0.39 is 4.92 Å². The maximum absolute atomic E-state index is 12.1. The quantitative estimate of drug-likeness (QED) is 0.507. The van der Waals surface area contributed by atoms with Gasteiger partial charge in [-0.15, -0.1) is 11.8 Å². The van der Waals surface area contributed by atoms with Gasteiger partial charge >= 0.3 is 0 Å². The fourth-order valence-electron chi connectivity index (χ4n) is 2.14. The van der Waals surface area contributed by atoms with Crippen molar-refractivity contribution in [2.75, 3.05) is 11.1 Å². The third kappa shape index (κ3) is 4.33. The van der Waals surface area contributed by atoms with Crippen LogP contribution in [0, 0.1) is 35.3 Å². The third-order valence-electron chi connectivity index (χ3n) is 3.30. The van der Waals surface area contributed by atoms with Crippen molar-refractivity contribution in [3.8, 4) is 6.07 Å². The van der Waals surface area contributed by atoms with Crippen LogP contribution in [0.1, 0.15) is 16.7 Å². The summed E-state index contributed by atoms with van der Waals surface area (Å²) in [4.78, 5) is 23.2. The van der Waals surface area contributed by atoms with E-state index in [-0.39, 0.29) is 28.6 Å². The number of nitro benzene ring substituents is 1. The number of thioether (sulfide) groups is 1. The minimum Gasteiger partial charge on any atom is -0.324 e. The van der Waals surface area contributed by atoms with Crippen molar-refractivity contribution in [3.05, 3.63) is 63.2 Å². The molecule has 0 saturated carbocycles. The molecule has 7 heteroatoms. The normalized spacial score (nSPS) is 10.0. The Bertz CT molecular complexity index is 843. The Morgan fingerprint density at radius 3 is 2.67 bits per heavy atom. The Morgan fingerprint density at radius 2 is 2.04 bits per heavy atom. The second-order valence-corrected chi connectivity index (χ2v) is 6.22. The lowest BCUT2D eigenvalue weighted by molar-refractivity contribution is -0.384. The van der Waals surface area contributed by atoms with E-state index in [4.69, 9.17) is 5.26 Å². The average molecular weight is 341 g/mol. The first-order valence-electron chi connectivity index (χ1n) is 7.09. The summed E-state index contributed by atoms with van der Waals surface area (Å²) in [5.74, 6) is -0.0866. The lowest BCUT2D eigenvalue weighted by atomic mass is 10.1. The van der Waals surface area contributed by atoms with Gasteiger partial charge in [-0.05, 0) is 31.5 Å². The molecule has 0 radical (unpaired) electrons. The van der Waals surface area contributed by atoms with Crippen LogP contribution in [-0.4, -0.2) is 16.6 Å². The van der Waals surface area contributed by atoms with E-state index in [0.29, 0.717) is 0 Å². The van der Waals surface area contributed by atoms with E-state index in [1.807, 2.05) is 38.1 Å². The zero-order valence-corrected chi connectivity index (χ0v) is 14.0. The molecule has 0 atom stereocenters. The van der Waals surface area contributed by atoms with Crippen molar-refractivity contribution in [3.63, 3.8) is 0 Å². The highest BCUT2D eigenvalue weighted by Gasteiger charge is 2.13. The monoisotopic (exact) mass is 341 g/mol. The number of amides is 1. The van der Waals surface area contributed by atoms with Crippen LogP contribution >= 0.6 is 11.8 Å². The molecule has 0 aliphatic rings. The molecular formula is C17H15N3O3S. The number of nitro groups is 1. The summed E-state index contributed by atoms with van der Waals surface area (Å²) < 4.78 is 0. The summed E-state index contributed by atoms with van der Waals surface area (Å²) in [7, 11) is 0. The lowest BCUT2D eigenvalue weighted by Gasteiger charge is -2.08. The van der Waals surface area contributed by atoms with Crippen LogP contribution in [0.25, 0.3) is 0 Å². The van der Waals surface area contributed by atoms with Crippen LogP contribution in [-0.2, 0) is 4.79 Å². The van der Waals surface area contributed by atoms with Gasteiger partial charge in [0, 0.05) is 17.0 Å². The number of hydrogen-bond donors (Lipinski definition) is 1. The van der Waals surface area contributed by atoms with Gasteiger partial charge in [-0.2, -0.15) is 5.26 Å². The number of nitrogens with zero attached hydrogens (tertiary/aromatic N) is 2. The third-order valence-corrected chi connectivity index (χ3v) is 4.47. The van der Waals surface area contributed by atoms with Gasteiger partial charge in [0.05, 0.1) is 21.9 Å². The van der Waals surface area contributed by atoms with Crippen LogP contribution in [0.4, 0.5) is 11.4 Å². The molecule has 0 heterocycles. The summed E-state index contributed by atoms with van der Waals surface area (Å²) in [6, 6.07) is 11.6. The molecule has 2 rings (SSSR count). The molecule has 0 aromatic heterocycles. The van der Waals surface area contributed by atoms with Crippen LogP contribution < -0.4 is 5.32 Å². The van der Waals surface area contributed by atoms with Crippen molar-refractivity contribution in [2.45, 2.75) is 18.7 Å². The Morgan fingerprint density at radius 1 is 1.29 bits per heavy atom. The van der Waals surface area contributed by atoms with Crippen LogP contribution in [0.2, 0.25) is 0 Å². The van der Waals surface area contributed by atoms with Gasteiger partial charge in [0.2, 0.25) is 5.91 Å². The lowest BCUT2D eigenvalue weighted by Crippen LogP contribution is -2.15. The maximum Gasteiger partial charge on any atom is 0.270 e. The molecule has 1 N–H and O–H groups in total. The van der Waals surface area contributed by atoms with Crippen molar-refractivity contribution in [1.29, 1.82) is 5.26 Å². The van der Waals surface area contributed by atoms with Gasteiger partial charge in [0.25, 0.3) is 5.69 Å². The molecule has 2 aromatic carbocycles. The number of carbonyl (C=O) groups excluding carboxylic acids is 1. The van der Waals surface area contributed by atoms with Gasteiger partial charge in [-0.1, -0.05) is 17.7 Å². The molecule has 0 unspecified atom stereocenters. The van der Waals surface area contributed by atoms with Crippen molar-refractivity contribution in [2.24, 2.45) is 0 Å². The molecule has 122 valence electrons. The SMILES string of the molecule is Cc1ccc(SCC(=O)Nc2ccc([N+](=O)[O-])cc2C#N)c(C)c1. The molecule has 1 amide bonds. The zero-order valence-electron chi connectivity index (χ0n) is 13.2. The van der Waals surface area contributed by atoms with Crippen molar-refractivity contribution < 1.29 is 9.72 Å². The molecular weight excluding hydrogens is 326 g/mol. The number of aryl methyl sites for hydroxylation is 2. The molecule has 2 aromatic rings. The zero-order chi connectivity index (χ0) is 17.7. The fraction of sp³-hybridized carbons (Fsp3) is 0.176. The van der Waals surface area contributed by atoms with Gasteiger partial charge in [0.15, 0.2) is 0 Å². The number of carbonyl (C=O) groups is 1. The number of non-ortho nitro benzene ring substituents is 1. The summed E-state index contributed by atoms with van der Waals surface area (Å²) in [6.45, 7) is 3.99. The summed E-state index contributed by atoms with van der Waals surface area (Å²) in [6.07, 6.45) is 0. The second kappa shape index (κ2) is 7.62. The second-order valence-electron chi connectivity index (χ2n) is 5.20. The predicted octanol–water partition coefficient (Wildman–Crippen LogP) is 3.81. The predicted molar refractivity (Wildman–Crippen MR) is 93.1 cm³/mol. The van der Waals surface area contributed by atoms with Gasteiger partial charge in [-0.3, -0.25) is 14.9 Å². The van der Waals surface area contributed by atoms with E-state index in [1.54, 1.807) is 0 Å². The highest BCUT2D eigenvalue weighted by molar-refractivity contribution is 8.00. The van der Waals surface area contributed by atoms with Gasteiger partial charge in [0.1, 0.15) is 6.07 Å². The summed E-state index contributed by atoms with van der Waals surface area (Å²) >= 11 is 1.40. The Balaban J connectivity index is 2.04. The first kappa shape index (κ1) is 17.5. The van der Waals surface area contributed by atoms with Crippen LogP contribution in [0.5, 0.6) is 0 Å². The van der Waals surface area contributed by atoms with E-state index in [2.05, 4.69) is 5.32 Å². The van der Waals surface area contributed by atoms with Gasteiger partial charge < -0.3 is 5.32 Å². The van der Waals surface area contributed by atoms with E-state index in [1.165, 1.54) is 23.9 Å². The first-order chi connectivity index (χ1) is 11.4. The standard InChI is InChI=1S/C17H15N3O3S/c1-11-3-6-16(12(2)7-11)24-10-17(21)19-15-5-4-14(20(22)23)8-13(15)9-18/h3-8H,10H2,1-2H3,(H,19,21).